The lowest BCUT2D eigenvalue weighted by Crippen LogP contribution is -2.43. The molecule has 0 aliphatic rings. The average molecular weight is 421 g/mol. The van der Waals surface area contributed by atoms with Gasteiger partial charge in [0.2, 0.25) is 0 Å². The Morgan fingerprint density at radius 2 is 1.81 bits per heavy atom. The summed E-state index contributed by atoms with van der Waals surface area (Å²) in [5.41, 5.74) is 1.01. The van der Waals surface area contributed by atoms with Gasteiger partial charge in [0.1, 0.15) is 12.8 Å². The molecular formula is C17H18F3NO4S2. The van der Waals surface area contributed by atoms with Crippen molar-refractivity contribution in [3.63, 3.8) is 0 Å². The summed E-state index contributed by atoms with van der Waals surface area (Å²) >= 11 is 1.31. The Morgan fingerprint density at radius 1 is 1.19 bits per heavy atom. The lowest BCUT2D eigenvalue weighted by Gasteiger charge is -2.21. The zero-order valence-corrected chi connectivity index (χ0v) is 15.9. The number of nitrogens with one attached hydrogen (secondary N) is 1. The fraction of sp³-hybridized carbons (Fsp3) is 0.353. The quantitative estimate of drug-likeness (QED) is 0.687. The van der Waals surface area contributed by atoms with Gasteiger partial charge in [-0.05, 0) is 23.3 Å². The molecule has 0 radical (unpaired) electrons. The maximum Gasteiger partial charge on any atom is 0.315 e. The number of sulfone groups is 1. The van der Waals surface area contributed by atoms with Crippen molar-refractivity contribution in [3.05, 3.63) is 46.8 Å². The highest BCUT2D eigenvalue weighted by Crippen LogP contribution is 2.30. The smallest absolute Gasteiger partial charge is 0.315 e. The molecule has 0 spiro atoms. The first kappa shape index (κ1) is 21.4. The lowest BCUT2D eigenvalue weighted by atomic mass is 10.0. The maximum atomic E-state index is 13.0. The van der Waals surface area contributed by atoms with E-state index >= 15 is 0 Å². The molecule has 1 heterocycles. The van der Waals surface area contributed by atoms with Crippen LogP contribution in [-0.2, 0) is 20.4 Å². The van der Waals surface area contributed by atoms with E-state index in [2.05, 4.69) is 0 Å². The van der Waals surface area contributed by atoms with Crippen LogP contribution in [0, 0.1) is 0 Å². The summed E-state index contributed by atoms with van der Waals surface area (Å²) in [4.78, 5) is 12.5. The molecule has 2 rings (SSSR count). The van der Waals surface area contributed by atoms with Gasteiger partial charge in [-0.2, -0.15) is 8.78 Å². The first-order chi connectivity index (χ1) is 12.6. The lowest BCUT2D eigenvalue weighted by molar-refractivity contribution is -0.133. The Balaban J connectivity index is 2.13. The van der Waals surface area contributed by atoms with Crippen molar-refractivity contribution in [2.75, 3.05) is 12.9 Å². The van der Waals surface area contributed by atoms with Crippen LogP contribution < -0.4 is 5.32 Å². The van der Waals surface area contributed by atoms with Crippen LogP contribution in [0.15, 0.2) is 36.4 Å². The van der Waals surface area contributed by atoms with Gasteiger partial charge < -0.3 is 10.4 Å². The number of alkyl halides is 3. The first-order valence-corrected chi connectivity index (χ1v) is 10.7. The number of thiophene rings is 1. The Morgan fingerprint density at radius 3 is 2.33 bits per heavy atom. The van der Waals surface area contributed by atoms with Crippen LogP contribution in [0.5, 0.6) is 0 Å². The molecule has 1 amide bonds. The first-order valence-electron chi connectivity index (χ1n) is 7.80. The van der Waals surface area contributed by atoms with Crippen molar-refractivity contribution >= 4 is 27.1 Å². The molecule has 0 fully saturated rings. The van der Waals surface area contributed by atoms with Crippen molar-refractivity contribution in [1.82, 2.24) is 5.32 Å². The average Bonchev–Trinajstić information content (AvgIpc) is 3.05. The third kappa shape index (κ3) is 6.05. The normalized spacial score (nSPS) is 14.1. The molecule has 1 aromatic heterocycles. The van der Waals surface area contributed by atoms with Gasteiger partial charge in [0.05, 0.1) is 11.8 Å². The third-order valence-corrected chi connectivity index (χ3v) is 5.83. The minimum Gasteiger partial charge on any atom is -0.386 e. The SMILES string of the molecule is CS(=O)(=O)Cc1ccc(-c2ccc([C@H](O)[C@@H](CF)NC(=O)C(F)F)cc2)s1. The zero-order valence-electron chi connectivity index (χ0n) is 14.2. The summed E-state index contributed by atoms with van der Waals surface area (Å²) in [5, 5.41) is 11.9. The molecule has 2 aromatic rings. The van der Waals surface area contributed by atoms with Crippen LogP contribution in [0.1, 0.15) is 16.5 Å². The Bertz CT molecular complexity index is 882. The van der Waals surface area contributed by atoms with Crippen LogP contribution in [0.3, 0.4) is 0 Å². The summed E-state index contributed by atoms with van der Waals surface area (Å²) in [6, 6.07) is 8.26. The van der Waals surface area contributed by atoms with Gasteiger partial charge in [-0.1, -0.05) is 24.3 Å². The van der Waals surface area contributed by atoms with Gasteiger partial charge in [0.25, 0.3) is 5.91 Å². The van der Waals surface area contributed by atoms with Crippen LogP contribution in [0.4, 0.5) is 13.2 Å². The fourth-order valence-electron chi connectivity index (χ4n) is 2.39. The number of amides is 1. The Labute approximate surface area is 158 Å². The number of benzene rings is 1. The van der Waals surface area contributed by atoms with E-state index in [0.29, 0.717) is 4.88 Å². The summed E-state index contributed by atoms with van der Waals surface area (Å²) in [6.07, 6.45) is -3.64. The number of halogens is 3. The van der Waals surface area contributed by atoms with Crippen LogP contribution in [0.25, 0.3) is 10.4 Å². The molecule has 0 saturated heterocycles. The van der Waals surface area contributed by atoms with Crippen molar-refractivity contribution in [2.45, 2.75) is 24.3 Å². The molecule has 2 atom stereocenters. The molecule has 148 valence electrons. The largest absolute Gasteiger partial charge is 0.386 e. The number of aliphatic hydroxyl groups is 1. The highest BCUT2D eigenvalue weighted by molar-refractivity contribution is 7.90. The molecule has 5 nitrogen and oxygen atoms in total. The van der Waals surface area contributed by atoms with Crippen molar-refractivity contribution in [3.8, 4) is 10.4 Å². The van der Waals surface area contributed by atoms with Gasteiger partial charge in [0, 0.05) is 16.0 Å². The number of rotatable bonds is 8. The van der Waals surface area contributed by atoms with Gasteiger partial charge in [-0.15, -0.1) is 11.3 Å². The number of carbonyl (C=O) groups excluding carboxylic acids is 1. The zero-order chi connectivity index (χ0) is 20.2. The molecule has 0 unspecified atom stereocenters. The van der Waals surface area contributed by atoms with Gasteiger partial charge >= 0.3 is 6.43 Å². The van der Waals surface area contributed by atoms with E-state index in [4.69, 9.17) is 0 Å². The summed E-state index contributed by atoms with van der Waals surface area (Å²) in [6.45, 7) is -1.21. The van der Waals surface area contributed by atoms with E-state index in [1.54, 1.807) is 29.6 Å². The topological polar surface area (TPSA) is 83.5 Å². The van der Waals surface area contributed by atoms with Crippen molar-refractivity contribution < 1.29 is 31.5 Å². The second-order valence-electron chi connectivity index (χ2n) is 5.97. The van der Waals surface area contributed by atoms with Gasteiger partial charge in [-0.3, -0.25) is 4.79 Å². The minimum absolute atomic E-state index is 0.0590. The van der Waals surface area contributed by atoms with E-state index in [1.807, 2.05) is 0 Å². The molecule has 1 aromatic carbocycles. The fourth-order valence-corrected chi connectivity index (χ4v) is 4.69. The molecule has 27 heavy (non-hydrogen) atoms. The molecule has 0 aliphatic carbocycles. The Hall–Kier alpha value is -1.91. The highest BCUT2D eigenvalue weighted by atomic mass is 32.2. The molecule has 0 bridgehead atoms. The minimum atomic E-state index is -3.30. The second kappa shape index (κ2) is 8.85. The van der Waals surface area contributed by atoms with Crippen LogP contribution >= 0.6 is 11.3 Å². The molecular weight excluding hydrogens is 403 g/mol. The third-order valence-electron chi connectivity index (χ3n) is 3.68. The number of aliphatic hydroxyl groups excluding tert-OH is 1. The van der Waals surface area contributed by atoms with Gasteiger partial charge in [-0.25, -0.2) is 12.8 Å². The van der Waals surface area contributed by atoms with E-state index in [0.717, 1.165) is 16.7 Å². The monoisotopic (exact) mass is 421 g/mol. The van der Waals surface area contributed by atoms with Crippen LogP contribution in [-0.4, -0.2) is 44.8 Å². The Kier molecular flexibility index (Phi) is 7.01. The maximum absolute atomic E-state index is 13.0. The predicted molar refractivity (Wildman–Crippen MR) is 97.2 cm³/mol. The van der Waals surface area contributed by atoms with E-state index in [-0.39, 0.29) is 11.3 Å². The number of hydrogen-bond acceptors (Lipinski definition) is 5. The van der Waals surface area contributed by atoms with E-state index in [9.17, 15) is 31.5 Å². The second-order valence-corrected chi connectivity index (χ2v) is 9.28. The molecule has 10 heteroatoms. The molecule has 0 saturated carbocycles. The standard InChI is InChI=1S/C17H18F3NO4S2/c1-27(24,25)9-12-6-7-14(26-12)10-2-4-11(5-3-10)15(22)13(8-18)21-17(23)16(19)20/h2-7,13,15-16,22H,8-9H2,1H3,(H,21,23)/t13-,15+/m1/s1. The van der Waals surface area contributed by atoms with Gasteiger partial charge in [0.15, 0.2) is 9.84 Å². The van der Waals surface area contributed by atoms with Crippen molar-refractivity contribution in [2.24, 2.45) is 0 Å². The summed E-state index contributed by atoms with van der Waals surface area (Å²) < 4.78 is 60.3. The van der Waals surface area contributed by atoms with Crippen LogP contribution in [0.2, 0.25) is 0 Å². The number of carbonyl (C=O) groups is 1. The van der Waals surface area contributed by atoms with E-state index in [1.165, 1.54) is 23.5 Å². The highest BCUT2D eigenvalue weighted by Gasteiger charge is 2.26. The number of hydrogen-bond donors (Lipinski definition) is 2. The predicted octanol–water partition coefficient (Wildman–Crippen LogP) is 2.71. The summed E-state index contributed by atoms with van der Waals surface area (Å²) in [5.74, 6) is -1.71. The molecule has 2 N–H and O–H groups in total. The van der Waals surface area contributed by atoms with E-state index < -0.39 is 41.0 Å². The van der Waals surface area contributed by atoms with Crippen molar-refractivity contribution in [1.29, 1.82) is 0 Å². The molecule has 0 aliphatic heterocycles. The summed E-state index contributed by atoms with van der Waals surface area (Å²) in [7, 11) is -3.14.